The largest absolute Gasteiger partial charge is 0.310 e. The summed E-state index contributed by atoms with van der Waals surface area (Å²) in [6.07, 6.45) is 8.62. The fourth-order valence-electron chi connectivity index (χ4n) is 9.71. The molecule has 0 radical (unpaired) electrons. The minimum atomic E-state index is -0.294. The van der Waals surface area contributed by atoms with Crippen molar-refractivity contribution >= 4 is 72.7 Å². The first-order valence-electron chi connectivity index (χ1n) is 21.9. The van der Waals surface area contributed by atoms with Crippen LogP contribution in [0.2, 0.25) is 0 Å². The van der Waals surface area contributed by atoms with Crippen LogP contribution in [0.4, 0.5) is 21.5 Å². The van der Waals surface area contributed by atoms with E-state index in [4.69, 9.17) is 0 Å². The van der Waals surface area contributed by atoms with E-state index in [1.54, 1.807) is 6.07 Å². The van der Waals surface area contributed by atoms with E-state index in [1.807, 2.05) is 36.4 Å². The van der Waals surface area contributed by atoms with Gasteiger partial charge in [0.25, 0.3) is 0 Å². The van der Waals surface area contributed by atoms with Gasteiger partial charge in [-0.25, -0.2) is 4.39 Å². The lowest BCUT2D eigenvalue weighted by Crippen LogP contribution is -2.11. The van der Waals surface area contributed by atoms with Crippen LogP contribution in [-0.2, 0) is 0 Å². The molecule has 0 fully saturated rings. The average Bonchev–Trinajstić information content (AvgIpc) is 3.65. The molecule has 0 aromatic heterocycles. The molecule has 1 nitrogen and oxygen atoms in total. The Morgan fingerprint density at radius 3 is 1.56 bits per heavy atom. The summed E-state index contributed by atoms with van der Waals surface area (Å²) in [6.45, 7) is 4.31. The summed E-state index contributed by atoms with van der Waals surface area (Å²) in [5.74, 6) is -0.294. The average molecular weight is 822 g/mol. The number of anilines is 3. The van der Waals surface area contributed by atoms with Gasteiger partial charge in [-0.1, -0.05) is 176 Å². The topological polar surface area (TPSA) is 3.24 Å². The molecule has 0 heterocycles. The van der Waals surface area contributed by atoms with Gasteiger partial charge in [0.1, 0.15) is 5.82 Å². The van der Waals surface area contributed by atoms with E-state index >= 15 is 4.39 Å². The van der Waals surface area contributed by atoms with Gasteiger partial charge in [0.05, 0.1) is 5.69 Å². The van der Waals surface area contributed by atoms with Crippen molar-refractivity contribution in [3.63, 3.8) is 0 Å². The number of aryl methyl sites for hydroxylation is 2. The first-order chi connectivity index (χ1) is 31.5. The highest BCUT2D eigenvalue weighted by molar-refractivity contribution is 6.05. The van der Waals surface area contributed by atoms with E-state index < -0.39 is 0 Å². The van der Waals surface area contributed by atoms with E-state index in [-0.39, 0.29) is 5.82 Å². The van der Waals surface area contributed by atoms with Crippen LogP contribution in [0.3, 0.4) is 0 Å². The Labute approximate surface area is 374 Å². The van der Waals surface area contributed by atoms with Crippen LogP contribution in [0, 0.1) is 19.7 Å². The molecule has 10 aromatic rings. The smallest absolute Gasteiger partial charge is 0.132 e. The zero-order valence-electron chi connectivity index (χ0n) is 35.8. The molecule has 0 amide bonds. The number of allylic oxidation sites excluding steroid dienone is 2. The number of nitrogens with zero attached hydrogens (tertiary/aromatic N) is 1. The highest BCUT2D eigenvalue weighted by Crippen LogP contribution is 2.45. The Morgan fingerprint density at radius 2 is 0.953 bits per heavy atom. The maximum atomic E-state index is 17.0. The molecule has 10 aromatic carbocycles. The van der Waals surface area contributed by atoms with Crippen LogP contribution in [0.1, 0.15) is 44.5 Å². The molecule has 0 aliphatic heterocycles. The van der Waals surface area contributed by atoms with Gasteiger partial charge in [-0.2, -0.15) is 0 Å². The van der Waals surface area contributed by atoms with Crippen molar-refractivity contribution in [3.8, 4) is 11.1 Å². The van der Waals surface area contributed by atoms with Crippen molar-refractivity contribution in [2.45, 2.75) is 13.8 Å². The van der Waals surface area contributed by atoms with Gasteiger partial charge in [0.2, 0.25) is 0 Å². The van der Waals surface area contributed by atoms with E-state index in [2.05, 4.69) is 207 Å². The van der Waals surface area contributed by atoms with Crippen molar-refractivity contribution in [3.05, 3.63) is 269 Å². The fourth-order valence-corrected chi connectivity index (χ4v) is 9.71. The van der Waals surface area contributed by atoms with E-state index in [0.29, 0.717) is 5.56 Å². The standard InChI is InChI=1S/C62H44FN/c1-41-35-47(37-44-17-6-8-22-51(41)44)60(48-36-42(2)52-23-9-7-18-45(52)38-48)39-46-31-33-50(40-61(46)63)64(49-20-4-3-5-21-49)62-34-32-43(53-24-10-15-29-59(53)62)19-16-30-58-56-27-13-11-25-54(56)55-26-12-14-28-57(55)58/h3-40H,1-2H3. The summed E-state index contributed by atoms with van der Waals surface area (Å²) >= 11 is 0. The van der Waals surface area contributed by atoms with Gasteiger partial charge in [-0.3, -0.25) is 0 Å². The lowest BCUT2D eigenvalue weighted by Gasteiger charge is -2.27. The monoisotopic (exact) mass is 821 g/mol. The predicted octanol–water partition coefficient (Wildman–Crippen LogP) is 17.1. The zero-order chi connectivity index (χ0) is 43.1. The van der Waals surface area contributed by atoms with E-state index in [0.717, 1.165) is 60.9 Å². The SMILES string of the molecule is Cc1cc(C(=Cc2ccc(N(c3ccccc3)c3ccc(C=CC=C4c5ccccc5-c5ccccc54)c4ccccc34)cc2F)c2cc(C)c3ccccc3c2)cc2ccccc12. The molecule has 0 spiro atoms. The van der Waals surface area contributed by atoms with Crippen LogP contribution >= 0.6 is 0 Å². The third-order valence-corrected chi connectivity index (χ3v) is 12.8. The summed E-state index contributed by atoms with van der Waals surface area (Å²) in [7, 11) is 0. The quantitative estimate of drug-likeness (QED) is 0.138. The molecule has 64 heavy (non-hydrogen) atoms. The van der Waals surface area contributed by atoms with E-state index in [1.165, 1.54) is 49.7 Å². The van der Waals surface area contributed by atoms with Crippen molar-refractivity contribution in [1.82, 2.24) is 0 Å². The molecule has 11 rings (SSSR count). The molecule has 0 bridgehead atoms. The molecule has 1 aliphatic rings. The van der Waals surface area contributed by atoms with E-state index in [9.17, 15) is 0 Å². The summed E-state index contributed by atoms with van der Waals surface area (Å²) in [5.41, 5.74) is 16.0. The molecular formula is C62H44FN. The second kappa shape index (κ2) is 16.3. The minimum Gasteiger partial charge on any atom is -0.310 e. The Kier molecular flexibility index (Phi) is 9.90. The second-order valence-electron chi connectivity index (χ2n) is 16.7. The lowest BCUT2D eigenvalue weighted by atomic mass is 9.89. The number of halogens is 1. The summed E-state index contributed by atoms with van der Waals surface area (Å²) in [5, 5.41) is 6.93. The fraction of sp³-hybridized carbons (Fsp3) is 0.0323. The number of benzene rings is 10. The van der Waals surface area contributed by atoms with Crippen LogP contribution < -0.4 is 4.90 Å². The highest BCUT2D eigenvalue weighted by Gasteiger charge is 2.22. The second-order valence-corrected chi connectivity index (χ2v) is 16.7. The molecule has 0 atom stereocenters. The Balaban J connectivity index is 1.01. The predicted molar refractivity (Wildman–Crippen MR) is 271 cm³/mol. The van der Waals surface area contributed by atoms with Crippen LogP contribution in [0.15, 0.2) is 218 Å². The number of hydrogen-bond donors (Lipinski definition) is 0. The minimum absolute atomic E-state index is 0.294. The molecule has 0 saturated heterocycles. The van der Waals surface area contributed by atoms with Gasteiger partial charge in [-0.15, -0.1) is 0 Å². The number of para-hydroxylation sites is 1. The summed E-state index contributed by atoms with van der Waals surface area (Å²) in [4.78, 5) is 2.17. The molecule has 0 unspecified atom stereocenters. The van der Waals surface area contributed by atoms with Crippen LogP contribution in [-0.4, -0.2) is 0 Å². The van der Waals surface area contributed by atoms with Gasteiger partial charge in [0.15, 0.2) is 0 Å². The van der Waals surface area contributed by atoms with Gasteiger partial charge in [0, 0.05) is 22.3 Å². The van der Waals surface area contributed by atoms with Crippen molar-refractivity contribution in [2.75, 3.05) is 4.90 Å². The first-order valence-corrected chi connectivity index (χ1v) is 21.9. The number of fused-ring (bicyclic) bond motifs is 6. The third-order valence-electron chi connectivity index (χ3n) is 12.8. The maximum absolute atomic E-state index is 17.0. The zero-order valence-corrected chi connectivity index (χ0v) is 35.8. The van der Waals surface area contributed by atoms with Crippen molar-refractivity contribution < 1.29 is 4.39 Å². The van der Waals surface area contributed by atoms with Crippen molar-refractivity contribution in [1.29, 1.82) is 0 Å². The number of rotatable bonds is 8. The molecule has 0 saturated carbocycles. The molecular weight excluding hydrogens is 778 g/mol. The highest BCUT2D eigenvalue weighted by atomic mass is 19.1. The molecule has 304 valence electrons. The van der Waals surface area contributed by atoms with Gasteiger partial charge < -0.3 is 4.90 Å². The maximum Gasteiger partial charge on any atom is 0.132 e. The van der Waals surface area contributed by atoms with Gasteiger partial charge >= 0.3 is 0 Å². The molecule has 0 N–H and O–H groups in total. The lowest BCUT2D eigenvalue weighted by molar-refractivity contribution is 0.625. The summed E-state index contributed by atoms with van der Waals surface area (Å²) in [6, 6.07) is 71.9. The van der Waals surface area contributed by atoms with Crippen LogP contribution in [0.25, 0.3) is 66.7 Å². The molecule has 1 aliphatic carbocycles. The Morgan fingerprint density at radius 1 is 0.438 bits per heavy atom. The Hall–Kier alpha value is -8.07. The number of hydrogen-bond acceptors (Lipinski definition) is 1. The van der Waals surface area contributed by atoms with Gasteiger partial charge in [-0.05, 0) is 157 Å². The normalized spacial score (nSPS) is 11.9. The van der Waals surface area contributed by atoms with Crippen molar-refractivity contribution in [2.24, 2.45) is 0 Å². The first kappa shape index (κ1) is 38.8. The summed E-state index contributed by atoms with van der Waals surface area (Å²) < 4.78 is 17.0. The van der Waals surface area contributed by atoms with Crippen LogP contribution in [0.5, 0.6) is 0 Å². The Bertz CT molecular complexity index is 3400. The third kappa shape index (κ3) is 7.00. The molecule has 2 heteroatoms.